The predicted octanol–water partition coefficient (Wildman–Crippen LogP) is 3.87. The molecule has 0 unspecified atom stereocenters. The van der Waals surface area contributed by atoms with Gasteiger partial charge in [0.25, 0.3) is 5.91 Å². The molecule has 7 heteroatoms. The molecule has 0 aliphatic carbocycles. The number of anilines is 3. The van der Waals surface area contributed by atoms with Gasteiger partial charge in [-0.05, 0) is 36.4 Å². The fourth-order valence-electron chi connectivity index (χ4n) is 2.58. The molecule has 0 aliphatic heterocycles. The van der Waals surface area contributed by atoms with Crippen LogP contribution in [-0.2, 0) is 4.74 Å². The molecule has 7 nitrogen and oxygen atoms in total. The quantitative estimate of drug-likeness (QED) is 0.634. The number of aromatic nitrogens is 1. The second kappa shape index (κ2) is 8.68. The smallest absolute Gasteiger partial charge is 0.337 e. The third-order valence-electron chi connectivity index (χ3n) is 3.93. The Kier molecular flexibility index (Phi) is 5.86. The van der Waals surface area contributed by atoms with Gasteiger partial charge < -0.3 is 20.1 Å². The number of para-hydroxylation sites is 2. The maximum absolute atomic E-state index is 12.6. The second-order valence-electron chi connectivity index (χ2n) is 5.81. The largest absolute Gasteiger partial charge is 0.495 e. The summed E-state index contributed by atoms with van der Waals surface area (Å²) >= 11 is 0. The van der Waals surface area contributed by atoms with E-state index in [1.807, 2.05) is 24.3 Å². The lowest BCUT2D eigenvalue weighted by molar-refractivity contribution is 0.0600. The maximum Gasteiger partial charge on any atom is 0.337 e. The number of carbonyl (C=O) groups excluding carboxylic acids is 2. The monoisotopic (exact) mass is 377 g/mol. The number of methoxy groups -OCH3 is 2. The SMILES string of the molecule is COC(=O)c1cccc(NC(=O)c2cncc(Nc3ccccc3OC)c2)c1. The minimum Gasteiger partial charge on any atom is -0.495 e. The van der Waals surface area contributed by atoms with Crippen molar-refractivity contribution in [3.63, 3.8) is 0 Å². The summed E-state index contributed by atoms with van der Waals surface area (Å²) in [5, 5.41) is 5.94. The molecule has 28 heavy (non-hydrogen) atoms. The Balaban J connectivity index is 1.76. The van der Waals surface area contributed by atoms with Gasteiger partial charge in [-0.15, -0.1) is 0 Å². The van der Waals surface area contributed by atoms with Crippen molar-refractivity contribution in [3.8, 4) is 5.75 Å². The van der Waals surface area contributed by atoms with Gasteiger partial charge in [-0.1, -0.05) is 18.2 Å². The van der Waals surface area contributed by atoms with Gasteiger partial charge in [0.1, 0.15) is 5.75 Å². The fraction of sp³-hybridized carbons (Fsp3) is 0.0952. The second-order valence-corrected chi connectivity index (χ2v) is 5.81. The Hall–Kier alpha value is -3.87. The number of carbonyl (C=O) groups is 2. The number of benzene rings is 2. The van der Waals surface area contributed by atoms with Crippen molar-refractivity contribution < 1.29 is 19.1 Å². The molecule has 2 N–H and O–H groups in total. The summed E-state index contributed by atoms with van der Waals surface area (Å²) in [5.74, 6) is -0.143. The summed E-state index contributed by atoms with van der Waals surface area (Å²) in [4.78, 5) is 28.3. The lowest BCUT2D eigenvalue weighted by Gasteiger charge is -2.12. The zero-order valence-electron chi connectivity index (χ0n) is 15.4. The average Bonchev–Trinajstić information content (AvgIpc) is 2.74. The molecule has 0 saturated carbocycles. The molecule has 3 rings (SSSR count). The molecule has 0 fully saturated rings. The molecule has 1 aromatic heterocycles. The number of rotatable bonds is 6. The van der Waals surface area contributed by atoms with E-state index < -0.39 is 5.97 Å². The van der Waals surface area contributed by atoms with E-state index in [-0.39, 0.29) is 5.91 Å². The highest BCUT2D eigenvalue weighted by Gasteiger charge is 2.11. The zero-order chi connectivity index (χ0) is 19.9. The number of nitrogens with one attached hydrogen (secondary N) is 2. The van der Waals surface area contributed by atoms with E-state index in [4.69, 9.17) is 9.47 Å². The molecule has 0 radical (unpaired) electrons. The summed E-state index contributed by atoms with van der Waals surface area (Å²) < 4.78 is 10.0. The summed E-state index contributed by atoms with van der Waals surface area (Å²) in [6.45, 7) is 0. The number of nitrogens with zero attached hydrogens (tertiary/aromatic N) is 1. The number of ether oxygens (including phenoxy) is 2. The zero-order valence-corrected chi connectivity index (χ0v) is 15.4. The Morgan fingerprint density at radius 2 is 1.68 bits per heavy atom. The molecular formula is C21H19N3O4. The minimum atomic E-state index is -0.472. The molecular weight excluding hydrogens is 358 g/mol. The average molecular weight is 377 g/mol. The van der Waals surface area contributed by atoms with E-state index in [0.29, 0.717) is 28.3 Å². The Labute approximate surface area is 162 Å². The van der Waals surface area contributed by atoms with Crippen LogP contribution in [0.3, 0.4) is 0 Å². The van der Waals surface area contributed by atoms with E-state index in [0.717, 1.165) is 5.69 Å². The highest BCUT2D eigenvalue weighted by molar-refractivity contribution is 6.05. The highest BCUT2D eigenvalue weighted by atomic mass is 16.5. The van der Waals surface area contributed by atoms with E-state index >= 15 is 0 Å². The number of hydrogen-bond donors (Lipinski definition) is 2. The van der Waals surface area contributed by atoms with Crippen LogP contribution in [0.1, 0.15) is 20.7 Å². The molecule has 3 aromatic rings. The Bertz CT molecular complexity index is 1000. The first kappa shape index (κ1) is 18.9. The molecule has 2 aromatic carbocycles. The topological polar surface area (TPSA) is 89.5 Å². The summed E-state index contributed by atoms with van der Waals surface area (Å²) in [6.07, 6.45) is 3.08. The first-order chi connectivity index (χ1) is 13.6. The predicted molar refractivity (Wildman–Crippen MR) is 106 cm³/mol. The van der Waals surface area contributed by atoms with E-state index in [1.54, 1.807) is 43.6 Å². The lowest BCUT2D eigenvalue weighted by Crippen LogP contribution is -2.13. The lowest BCUT2D eigenvalue weighted by atomic mass is 10.2. The van der Waals surface area contributed by atoms with E-state index in [2.05, 4.69) is 15.6 Å². The fourth-order valence-corrected chi connectivity index (χ4v) is 2.58. The van der Waals surface area contributed by atoms with Crippen LogP contribution in [0.5, 0.6) is 5.75 Å². The number of amides is 1. The Morgan fingerprint density at radius 3 is 2.46 bits per heavy atom. The number of esters is 1. The third kappa shape index (κ3) is 4.45. The first-order valence-electron chi connectivity index (χ1n) is 8.45. The number of pyridine rings is 1. The van der Waals surface area contributed by atoms with Crippen molar-refractivity contribution in [1.82, 2.24) is 4.98 Å². The van der Waals surface area contributed by atoms with Crippen molar-refractivity contribution in [1.29, 1.82) is 0 Å². The molecule has 0 saturated heterocycles. The van der Waals surface area contributed by atoms with Crippen LogP contribution in [0.4, 0.5) is 17.1 Å². The first-order valence-corrected chi connectivity index (χ1v) is 8.45. The van der Waals surface area contributed by atoms with Crippen LogP contribution in [0.15, 0.2) is 67.0 Å². The van der Waals surface area contributed by atoms with Gasteiger partial charge in [0, 0.05) is 11.9 Å². The van der Waals surface area contributed by atoms with Crippen LogP contribution in [0.2, 0.25) is 0 Å². The van der Waals surface area contributed by atoms with Gasteiger partial charge in [0.15, 0.2) is 0 Å². The molecule has 0 aliphatic rings. The van der Waals surface area contributed by atoms with Crippen LogP contribution in [-0.4, -0.2) is 31.1 Å². The van der Waals surface area contributed by atoms with Gasteiger partial charge in [0.2, 0.25) is 0 Å². The van der Waals surface area contributed by atoms with Crippen molar-refractivity contribution in [3.05, 3.63) is 78.1 Å². The molecule has 142 valence electrons. The number of hydrogen-bond acceptors (Lipinski definition) is 6. The van der Waals surface area contributed by atoms with Crippen molar-refractivity contribution >= 4 is 28.9 Å². The van der Waals surface area contributed by atoms with Crippen LogP contribution in [0.25, 0.3) is 0 Å². The van der Waals surface area contributed by atoms with Gasteiger partial charge >= 0.3 is 5.97 Å². The molecule has 1 heterocycles. The highest BCUT2D eigenvalue weighted by Crippen LogP contribution is 2.27. The summed E-state index contributed by atoms with van der Waals surface area (Å²) in [6, 6.07) is 15.6. The third-order valence-corrected chi connectivity index (χ3v) is 3.93. The van der Waals surface area contributed by atoms with Crippen LogP contribution >= 0.6 is 0 Å². The van der Waals surface area contributed by atoms with Crippen LogP contribution in [0, 0.1) is 0 Å². The van der Waals surface area contributed by atoms with Crippen molar-refractivity contribution in [2.45, 2.75) is 0 Å². The summed E-state index contributed by atoms with van der Waals surface area (Å²) in [5.41, 5.74) is 2.60. The minimum absolute atomic E-state index is 0.349. The maximum atomic E-state index is 12.6. The summed E-state index contributed by atoms with van der Waals surface area (Å²) in [7, 11) is 2.89. The van der Waals surface area contributed by atoms with Crippen molar-refractivity contribution in [2.24, 2.45) is 0 Å². The molecule has 1 amide bonds. The van der Waals surface area contributed by atoms with E-state index in [1.165, 1.54) is 13.3 Å². The standard InChI is InChI=1S/C21H19N3O4/c1-27-19-9-4-3-8-18(19)23-17-11-15(12-22-13-17)20(25)24-16-7-5-6-14(10-16)21(26)28-2/h3-13,23H,1-2H3,(H,24,25). The Morgan fingerprint density at radius 1 is 0.893 bits per heavy atom. The molecule has 0 spiro atoms. The van der Waals surface area contributed by atoms with Gasteiger partial charge in [-0.3, -0.25) is 9.78 Å². The normalized spacial score (nSPS) is 10.1. The molecule has 0 bridgehead atoms. The van der Waals surface area contributed by atoms with E-state index in [9.17, 15) is 9.59 Å². The van der Waals surface area contributed by atoms with Gasteiger partial charge in [-0.2, -0.15) is 0 Å². The van der Waals surface area contributed by atoms with Crippen LogP contribution < -0.4 is 15.4 Å². The van der Waals surface area contributed by atoms with Gasteiger partial charge in [0.05, 0.1) is 42.9 Å². The van der Waals surface area contributed by atoms with Gasteiger partial charge in [-0.25, -0.2) is 4.79 Å². The molecule has 0 atom stereocenters. The van der Waals surface area contributed by atoms with Crippen molar-refractivity contribution in [2.75, 3.05) is 24.9 Å².